The Morgan fingerprint density at radius 2 is 2.19 bits per heavy atom. The molecule has 6 nitrogen and oxygen atoms in total. The van der Waals surface area contributed by atoms with E-state index in [4.69, 9.17) is 4.74 Å². The lowest BCUT2D eigenvalue weighted by Gasteiger charge is -2.49. The Hall–Kier alpha value is -1.83. The fourth-order valence-corrected chi connectivity index (χ4v) is 6.84. The van der Waals surface area contributed by atoms with Crippen molar-refractivity contribution in [1.82, 2.24) is 20.4 Å². The van der Waals surface area contributed by atoms with Crippen LogP contribution in [0.5, 0.6) is 0 Å². The summed E-state index contributed by atoms with van der Waals surface area (Å²) in [5, 5.41) is 11.1. The van der Waals surface area contributed by atoms with Gasteiger partial charge in [-0.2, -0.15) is 5.10 Å². The number of piperidine rings is 1. The van der Waals surface area contributed by atoms with Gasteiger partial charge in [0.15, 0.2) is 5.69 Å². The molecule has 0 aromatic carbocycles. The van der Waals surface area contributed by atoms with Crippen LogP contribution in [0.4, 0.5) is 0 Å². The first-order valence-corrected chi connectivity index (χ1v) is 12.9. The van der Waals surface area contributed by atoms with E-state index >= 15 is 0 Å². The maximum Gasteiger partial charge on any atom is 0.272 e. The fraction of sp³-hybridized carbons (Fsp3) is 0.640. The van der Waals surface area contributed by atoms with Gasteiger partial charge in [0.2, 0.25) is 0 Å². The standard InChI is InChI=1S/C25H34N4O2S/c1-4-20-13-21-23(32-20)7-10-31-25(21)8-9-29(17(3)14-25)15-18-11-19(12-18)26-24(30)22-6-5-16(2)27-28-22/h5-6,13,17-19H,4,7-12,14-15H2,1-3H3,(H,26,30)/t17-,18?,19?,25+/m0/s1. The van der Waals surface area contributed by atoms with Crippen LogP contribution in [0.1, 0.15) is 71.0 Å². The van der Waals surface area contributed by atoms with E-state index in [-0.39, 0.29) is 17.6 Å². The van der Waals surface area contributed by atoms with Crippen LogP contribution >= 0.6 is 11.3 Å². The van der Waals surface area contributed by atoms with Crippen LogP contribution in [0.25, 0.3) is 0 Å². The van der Waals surface area contributed by atoms with E-state index in [0.29, 0.717) is 17.7 Å². The molecule has 1 amide bonds. The van der Waals surface area contributed by atoms with E-state index in [1.807, 2.05) is 24.3 Å². The quantitative estimate of drug-likeness (QED) is 0.743. The molecule has 32 heavy (non-hydrogen) atoms. The van der Waals surface area contributed by atoms with E-state index in [1.165, 1.54) is 10.4 Å². The lowest BCUT2D eigenvalue weighted by atomic mass is 9.76. The van der Waals surface area contributed by atoms with E-state index in [0.717, 1.165) is 63.9 Å². The zero-order valence-electron chi connectivity index (χ0n) is 19.4. The minimum atomic E-state index is -0.110. The van der Waals surface area contributed by atoms with Gasteiger partial charge in [-0.25, -0.2) is 0 Å². The Morgan fingerprint density at radius 3 is 2.91 bits per heavy atom. The van der Waals surface area contributed by atoms with E-state index in [2.05, 4.69) is 40.3 Å². The van der Waals surface area contributed by atoms with Gasteiger partial charge in [-0.05, 0) is 75.6 Å². The summed E-state index contributed by atoms with van der Waals surface area (Å²) in [6, 6.07) is 6.77. The summed E-state index contributed by atoms with van der Waals surface area (Å²) in [5.74, 6) is 0.540. The molecule has 3 aliphatic rings. The van der Waals surface area contributed by atoms with Gasteiger partial charge < -0.3 is 15.0 Å². The molecule has 1 aliphatic carbocycles. The fourth-order valence-electron chi connectivity index (χ4n) is 5.66. The lowest BCUT2D eigenvalue weighted by molar-refractivity contribution is -0.114. The largest absolute Gasteiger partial charge is 0.370 e. The predicted octanol–water partition coefficient (Wildman–Crippen LogP) is 3.87. The van der Waals surface area contributed by atoms with Gasteiger partial charge >= 0.3 is 0 Å². The normalized spacial score (nSPS) is 30.0. The molecule has 2 aliphatic heterocycles. The highest BCUT2D eigenvalue weighted by Crippen LogP contribution is 2.46. The molecule has 5 rings (SSSR count). The Balaban J connectivity index is 1.13. The number of aromatic nitrogens is 2. The average Bonchev–Trinajstić information content (AvgIpc) is 3.19. The van der Waals surface area contributed by atoms with Crippen LogP contribution in [0.15, 0.2) is 18.2 Å². The van der Waals surface area contributed by atoms with Crippen molar-refractivity contribution in [2.75, 3.05) is 19.7 Å². The number of hydrogen-bond acceptors (Lipinski definition) is 6. The zero-order chi connectivity index (χ0) is 22.3. The molecule has 0 unspecified atom stereocenters. The number of nitrogens with one attached hydrogen (secondary N) is 1. The average molecular weight is 455 g/mol. The smallest absolute Gasteiger partial charge is 0.272 e. The minimum Gasteiger partial charge on any atom is -0.370 e. The van der Waals surface area contributed by atoms with Crippen molar-refractivity contribution in [2.45, 2.75) is 77.0 Å². The molecule has 1 spiro atoms. The van der Waals surface area contributed by atoms with E-state index in [1.54, 1.807) is 10.9 Å². The zero-order valence-corrected chi connectivity index (χ0v) is 20.2. The Labute approximate surface area is 194 Å². The number of ether oxygens (including phenoxy) is 1. The maximum atomic E-state index is 12.4. The first kappa shape index (κ1) is 22.0. The maximum absolute atomic E-state index is 12.4. The summed E-state index contributed by atoms with van der Waals surface area (Å²) in [6.45, 7) is 9.54. The summed E-state index contributed by atoms with van der Waals surface area (Å²) in [7, 11) is 0. The molecular formula is C25H34N4O2S. The van der Waals surface area contributed by atoms with Gasteiger partial charge in [0.05, 0.1) is 17.9 Å². The Morgan fingerprint density at radius 1 is 1.34 bits per heavy atom. The van der Waals surface area contributed by atoms with Crippen LogP contribution in [0.2, 0.25) is 0 Å². The van der Waals surface area contributed by atoms with Crippen molar-refractivity contribution < 1.29 is 9.53 Å². The van der Waals surface area contributed by atoms with E-state index in [9.17, 15) is 4.79 Å². The Kier molecular flexibility index (Phi) is 6.07. The van der Waals surface area contributed by atoms with Crippen molar-refractivity contribution in [3.8, 4) is 0 Å². The number of carbonyl (C=O) groups excluding carboxylic acids is 1. The number of carbonyl (C=O) groups is 1. The second kappa shape index (κ2) is 8.84. The number of hydrogen-bond donors (Lipinski definition) is 1. The monoisotopic (exact) mass is 454 g/mol. The lowest BCUT2D eigenvalue weighted by Crippen LogP contribution is -2.54. The molecular weight excluding hydrogens is 420 g/mol. The highest BCUT2D eigenvalue weighted by atomic mass is 32.1. The van der Waals surface area contributed by atoms with Gasteiger partial charge in [0.25, 0.3) is 5.91 Å². The molecule has 2 fully saturated rings. The number of fused-ring (bicyclic) bond motifs is 2. The number of aryl methyl sites for hydroxylation is 2. The van der Waals surface area contributed by atoms with Crippen LogP contribution in [0, 0.1) is 12.8 Å². The van der Waals surface area contributed by atoms with Crippen molar-refractivity contribution >= 4 is 17.2 Å². The van der Waals surface area contributed by atoms with Crippen LogP contribution in [-0.4, -0.2) is 52.8 Å². The van der Waals surface area contributed by atoms with Gasteiger partial charge in [0.1, 0.15) is 0 Å². The highest BCUT2D eigenvalue weighted by molar-refractivity contribution is 7.12. The first-order valence-electron chi connectivity index (χ1n) is 12.1. The second-order valence-corrected chi connectivity index (χ2v) is 11.1. The van der Waals surface area contributed by atoms with Crippen molar-refractivity contribution in [2.24, 2.45) is 5.92 Å². The van der Waals surface area contributed by atoms with E-state index < -0.39 is 0 Å². The predicted molar refractivity (Wildman–Crippen MR) is 126 cm³/mol. The van der Waals surface area contributed by atoms with Gasteiger partial charge in [-0.15, -0.1) is 16.4 Å². The van der Waals surface area contributed by atoms with Crippen molar-refractivity contribution in [3.63, 3.8) is 0 Å². The number of thiophene rings is 1. The molecule has 1 N–H and O–H groups in total. The number of likely N-dealkylation sites (tertiary alicyclic amines) is 1. The molecule has 2 atom stereocenters. The van der Waals surface area contributed by atoms with Gasteiger partial charge in [0, 0.05) is 41.3 Å². The molecule has 172 valence electrons. The summed E-state index contributed by atoms with van der Waals surface area (Å²) in [5.41, 5.74) is 2.64. The summed E-state index contributed by atoms with van der Waals surface area (Å²) < 4.78 is 6.49. The number of nitrogens with zero attached hydrogens (tertiary/aromatic N) is 3. The van der Waals surface area contributed by atoms with Crippen molar-refractivity contribution in [1.29, 1.82) is 0 Å². The molecule has 7 heteroatoms. The topological polar surface area (TPSA) is 67.3 Å². The third-order valence-corrected chi connectivity index (χ3v) is 8.89. The summed E-state index contributed by atoms with van der Waals surface area (Å²) in [4.78, 5) is 18.1. The summed E-state index contributed by atoms with van der Waals surface area (Å²) in [6.07, 6.45) is 6.45. The molecule has 0 radical (unpaired) electrons. The third-order valence-electron chi connectivity index (χ3n) is 7.55. The Bertz CT molecular complexity index is 969. The second-order valence-electron chi connectivity index (χ2n) is 9.86. The van der Waals surface area contributed by atoms with Gasteiger partial charge in [-0.1, -0.05) is 6.92 Å². The van der Waals surface area contributed by atoms with Crippen LogP contribution in [-0.2, 0) is 23.2 Å². The highest BCUT2D eigenvalue weighted by Gasteiger charge is 2.45. The molecule has 1 saturated carbocycles. The number of amides is 1. The molecule has 2 aromatic heterocycles. The molecule has 1 saturated heterocycles. The van der Waals surface area contributed by atoms with Crippen LogP contribution < -0.4 is 5.32 Å². The van der Waals surface area contributed by atoms with Crippen molar-refractivity contribution in [3.05, 3.63) is 44.9 Å². The summed E-state index contributed by atoms with van der Waals surface area (Å²) >= 11 is 2.00. The van der Waals surface area contributed by atoms with Gasteiger partial charge in [-0.3, -0.25) is 4.79 Å². The molecule has 2 aromatic rings. The SMILES string of the molecule is CCc1cc2c(s1)CCO[C@@]21CCN(CC2CC(NC(=O)c3ccc(C)nn3)C2)[C@@H](C)C1. The number of rotatable bonds is 5. The molecule has 4 heterocycles. The molecule has 0 bridgehead atoms. The minimum absolute atomic E-state index is 0.0708. The third kappa shape index (κ3) is 4.22. The van der Waals surface area contributed by atoms with Crippen LogP contribution in [0.3, 0.4) is 0 Å². The first-order chi connectivity index (χ1) is 15.5.